The highest BCUT2D eigenvalue weighted by Crippen LogP contribution is 2.29. The predicted molar refractivity (Wildman–Crippen MR) is 62.7 cm³/mol. The molecule has 3 nitrogen and oxygen atoms in total. The largest absolute Gasteiger partial charge is 0.354 e. The van der Waals surface area contributed by atoms with Crippen molar-refractivity contribution in [1.82, 2.24) is 10.6 Å². The maximum Gasteiger partial charge on any atom is 0.237 e. The average molecular weight is 212 g/mol. The fraction of sp³-hybridized carbons (Fsp3) is 0.917. The molecule has 1 fully saturated rings. The van der Waals surface area contributed by atoms with Gasteiger partial charge in [-0.3, -0.25) is 4.79 Å². The SMILES string of the molecule is CC[C@H](C)CNC(=O)C1NCCC1(C)C. The highest BCUT2D eigenvalue weighted by Gasteiger charge is 2.38. The van der Waals surface area contributed by atoms with Gasteiger partial charge in [-0.25, -0.2) is 0 Å². The van der Waals surface area contributed by atoms with Gasteiger partial charge in [0.1, 0.15) is 0 Å². The van der Waals surface area contributed by atoms with Gasteiger partial charge in [-0.2, -0.15) is 0 Å². The summed E-state index contributed by atoms with van der Waals surface area (Å²) in [6, 6.07) is -0.0124. The van der Waals surface area contributed by atoms with Crippen LogP contribution in [0.25, 0.3) is 0 Å². The molecule has 0 aromatic heterocycles. The van der Waals surface area contributed by atoms with Crippen LogP contribution in [0.4, 0.5) is 0 Å². The monoisotopic (exact) mass is 212 g/mol. The molecule has 2 N–H and O–H groups in total. The van der Waals surface area contributed by atoms with E-state index in [1.54, 1.807) is 0 Å². The quantitative estimate of drug-likeness (QED) is 0.742. The molecule has 15 heavy (non-hydrogen) atoms. The van der Waals surface area contributed by atoms with Crippen molar-refractivity contribution in [2.24, 2.45) is 11.3 Å². The van der Waals surface area contributed by atoms with Crippen LogP contribution in [-0.2, 0) is 4.79 Å². The molecule has 1 saturated heterocycles. The van der Waals surface area contributed by atoms with Crippen LogP contribution in [0.1, 0.15) is 40.5 Å². The molecule has 0 aromatic carbocycles. The molecule has 88 valence electrons. The van der Waals surface area contributed by atoms with Crippen molar-refractivity contribution in [1.29, 1.82) is 0 Å². The molecular formula is C12H24N2O. The van der Waals surface area contributed by atoms with E-state index in [9.17, 15) is 4.79 Å². The van der Waals surface area contributed by atoms with E-state index in [0.717, 1.165) is 25.9 Å². The molecule has 3 heteroatoms. The first kappa shape index (κ1) is 12.5. The lowest BCUT2D eigenvalue weighted by Gasteiger charge is -2.25. The lowest BCUT2D eigenvalue weighted by atomic mass is 9.84. The van der Waals surface area contributed by atoms with E-state index in [-0.39, 0.29) is 17.4 Å². The molecule has 0 saturated carbocycles. The van der Waals surface area contributed by atoms with E-state index in [4.69, 9.17) is 0 Å². The van der Waals surface area contributed by atoms with Gasteiger partial charge in [0.25, 0.3) is 0 Å². The van der Waals surface area contributed by atoms with E-state index in [0.29, 0.717) is 5.92 Å². The fourth-order valence-electron chi connectivity index (χ4n) is 1.93. The minimum Gasteiger partial charge on any atom is -0.354 e. The van der Waals surface area contributed by atoms with Gasteiger partial charge < -0.3 is 10.6 Å². The third kappa shape index (κ3) is 3.20. The molecule has 0 aliphatic carbocycles. The Hall–Kier alpha value is -0.570. The third-order valence-electron chi connectivity index (χ3n) is 3.48. The number of hydrogen-bond acceptors (Lipinski definition) is 2. The molecule has 1 heterocycles. The third-order valence-corrected chi connectivity index (χ3v) is 3.48. The number of rotatable bonds is 4. The van der Waals surface area contributed by atoms with Crippen LogP contribution in [0, 0.1) is 11.3 Å². The van der Waals surface area contributed by atoms with Crippen molar-refractivity contribution in [2.45, 2.75) is 46.6 Å². The molecule has 1 unspecified atom stereocenters. The number of carbonyl (C=O) groups excluding carboxylic acids is 1. The number of hydrogen-bond donors (Lipinski definition) is 2. The van der Waals surface area contributed by atoms with Gasteiger partial charge in [-0.1, -0.05) is 34.1 Å². The summed E-state index contributed by atoms with van der Waals surface area (Å²) < 4.78 is 0. The van der Waals surface area contributed by atoms with E-state index >= 15 is 0 Å². The lowest BCUT2D eigenvalue weighted by molar-refractivity contribution is -0.124. The Kier molecular flexibility index (Phi) is 4.14. The zero-order valence-corrected chi connectivity index (χ0v) is 10.4. The second-order valence-corrected chi connectivity index (χ2v) is 5.38. The Balaban J connectivity index is 2.40. The molecule has 1 amide bonds. The van der Waals surface area contributed by atoms with Crippen molar-refractivity contribution < 1.29 is 4.79 Å². The van der Waals surface area contributed by atoms with Crippen LogP contribution >= 0.6 is 0 Å². The standard InChI is InChI=1S/C12H24N2O/c1-5-9(2)8-14-11(15)10-12(3,4)6-7-13-10/h9-10,13H,5-8H2,1-4H3,(H,14,15)/t9-,10?/m0/s1. The molecule has 0 radical (unpaired) electrons. The Morgan fingerprint density at radius 2 is 2.27 bits per heavy atom. The smallest absolute Gasteiger partial charge is 0.237 e. The molecule has 0 aromatic rings. The first-order valence-corrected chi connectivity index (χ1v) is 5.98. The highest BCUT2D eigenvalue weighted by molar-refractivity contribution is 5.83. The minimum absolute atomic E-state index is 0.0124. The van der Waals surface area contributed by atoms with Gasteiger partial charge >= 0.3 is 0 Å². The maximum absolute atomic E-state index is 11.9. The van der Waals surface area contributed by atoms with E-state index in [1.807, 2.05) is 0 Å². The Bertz CT molecular complexity index is 226. The van der Waals surface area contributed by atoms with Crippen LogP contribution in [0.15, 0.2) is 0 Å². The molecule has 1 rings (SSSR count). The molecule has 0 spiro atoms. The zero-order chi connectivity index (χ0) is 11.5. The fourth-order valence-corrected chi connectivity index (χ4v) is 1.93. The maximum atomic E-state index is 11.9. The first-order chi connectivity index (χ1) is 6.97. The van der Waals surface area contributed by atoms with Gasteiger partial charge in [0, 0.05) is 6.54 Å². The second-order valence-electron chi connectivity index (χ2n) is 5.38. The first-order valence-electron chi connectivity index (χ1n) is 5.98. The normalized spacial score (nSPS) is 26.3. The van der Waals surface area contributed by atoms with Crippen LogP contribution in [0.5, 0.6) is 0 Å². The van der Waals surface area contributed by atoms with Gasteiger partial charge in [0.15, 0.2) is 0 Å². The lowest BCUT2D eigenvalue weighted by Crippen LogP contribution is -2.47. The van der Waals surface area contributed by atoms with Crippen molar-refractivity contribution in [3.63, 3.8) is 0 Å². The van der Waals surface area contributed by atoms with Gasteiger partial charge in [-0.05, 0) is 24.3 Å². The molecule has 2 atom stereocenters. The van der Waals surface area contributed by atoms with Crippen molar-refractivity contribution in [3.05, 3.63) is 0 Å². The van der Waals surface area contributed by atoms with Crippen LogP contribution in [0.2, 0.25) is 0 Å². The Morgan fingerprint density at radius 1 is 1.60 bits per heavy atom. The highest BCUT2D eigenvalue weighted by atomic mass is 16.2. The molecular weight excluding hydrogens is 188 g/mol. The summed E-state index contributed by atoms with van der Waals surface area (Å²) >= 11 is 0. The van der Waals surface area contributed by atoms with Crippen molar-refractivity contribution in [2.75, 3.05) is 13.1 Å². The Labute approximate surface area is 93.0 Å². The summed E-state index contributed by atoms with van der Waals surface area (Å²) in [4.78, 5) is 11.9. The van der Waals surface area contributed by atoms with Gasteiger partial charge in [-0.15, -0.1) is 0 Å². The zero-order valence-electron chi connectivity index (χ0n) is 10.4. The summed E-state index contributed by atoms with van der Waals surface area (Å²) in [6.07, 6.45) is 2.19. The van der Waals surface area contributed by atoms with E-state index in [2.05, 4.69) is 38.3 Å². The molecule has 1 aliphatic rings. The summed E-state index contributed by atoms with van der Waals surface area (Å²) in [5, 5.41) is 6.31. The number of carbonyl (C=O) groups is 1. The average Bonchev–Trinajstić information content (AvgIpc) is 2.53. The summed E-state index contributed by atoms with van der Waals surface area (Å²) in [5.74, 6) is 0.733. The van der Waals surface area contributed by atoms with E-state index in [1.165, 1.54) is 0 Å². The Morgan fingerprint density at radius 3 is 2.73 bits per heavy atom. The molecule has 0 bridgehead atoms. The summed E-state index contributed by atoms with van der Waals surface area (Å²) in [7, 11) is 0. The van der Waals surface area contributed by atoms with Crippen molar-refractivity contribution in [3.8, 4) is 0 Å². The van der Waals surface area contributed by atoms with E-state index < -0.39 is 0 Å². The second kappa shape index (κ2) is 4.97. The summed E-state index contributed by atoms with van der Waals surface area (Å²) in [6.45, 7) is 10.4. The summed E-state index contributed by atoms with van der Waals surface area (Å²) in [5.41, 5.74) is 0.0968. The van der Waals surface area contributed by atoms with Crippen molar-refractivity contribution >= 4 is 5.91 Å². The number of nitrogens with one attached hydrogen (secondary N) is 2. The van der Waals surface area contributed by atoms with Gasteiger partial charge in [0.2, 0.25) is 5.91 Å². The van der Waals surface area contributed by atoms with Crippen LogP contribution < -0.4 is 10.6 Å². The predicted octanol–water partition coefficient (Wildman–Crippen LogP) is 1.54. The van der Waals surface area contributed by atoms with Crippen LogP contribution in [0.3, 0.4) is 0 Å². The topological polar surface area (TPSA) is 41.1 Å². The van der Waals surface area contributed by atoms with Crippen LogP contribution in [-0.4, -0.2) is 25.0 Å². The minimum atomic E-state index is -0.0124. The van der Waals surface area contributed by atoms with Gasteiger partial charge in [0.05, 0.1) is 6.04 Å². The number of amides is 1. The molecule has 1 aliphatic heterocycles.